The highest BCUT2D eigenvalue weighted by Gasteiger charge is 2.41. The highest BCUT2D eigenvalue weighted by Crippen LogP contribution is 2.30. The van der Waals surface area contributed by atoms with Crippen LogP contribution < -0.4 is 0 Å². The average Bonchev–Trinajstić information content (AvgIpc) is 2.05. The molecule has 3 heteroatoms. The van der Waals surface area contributed by atoms with Crippen LogP contribution in [0.1, 0.15) is 47.0 Å². The molecule has 0 unspecified atom stereocenters. The molecule has 3 nitrogen and oxygen atoms in total. The van der Waals surface area contributed by atoms with E-state index in [-0.39, 0.29) is 11.7 Å². The van der Waals surface area contributed by atoms with E-state index in [0.29, 0.717) is 19.3 Å². The molecule has 0 radical (unpaired) electrons. The minimum atomic E-state index is -1.15. The Morgan fingerprint density at radius 2 is 1.64 bits per heavy atom. The van der Waals surface area contributed by atoms with E-state index in [2.05, 4.69) is 0 Å². The lowest BCUT2D eigenvalue weighted by atomic mass is 9.76. The van der Waals surface area contributed by atoms with Gasteiger partial charge >= 0.3 is 5.97 Å². The number of Topliss-reactive ketones (excluding diaryl/α,β-unsaturated/α-hetero) is 1. The summed E-state index contributed by atoms with van der Waals surface area (Å²) in [5.74, 6) is -0.891. The molecule has 14 heavy (non-hydrogen) atoms. The molecule has 0 amide bonds. The third kappa shape index (κ3) is 2.56. The Labute approximate surface area is 85.5 Å². The molecule has 0 aromatic heterocycles. The van der Waals surface area contributed by atoms with Crippen LogP contribution in [-0.2, 0) is 9.59 Å². The Bertz CT molecular complexity index is 215. The Morgan fingerprint density at radius 1 is 1.21 bits per heavy atom. The van der Waals surface area contributed by atoms with Crippen molar-refractivity contribution in [2.75, 3.05) is 0 Å². The number of carboxylic acid groups (broad SMARTS) is 1. The minimum absolute atomic E-state index is 0.134. The molecule has 0 aliphatic heterocycles. The lowest BCUT2D eigenvalue weighted by Gasteiger charge is -2.25. The van der Waals surface area contributed by atoms with Crippen LogP contribution in [0.15, 0.2) is 0 Å². The maximum Gasteiger partial charge on any atom is 0.317 e. The van der Waals surface area contributed by atoms with Gasteiger partial charge in [-0.15, -0.1) is 0 Å². The zero-order valence-electron chi connectivity index (χ0n) is 9.46. The van der Waals surface area contributed by atoms with Gasteiger partial charge in [-0.25, -0.2) is 0 Å². The van der Waals surface area contributed by atoms with Crippen molar-refractivity contribution in [1.82, 2.24) is 0 Å². The predicted molar refractivity (Wildman–Crippen MR) is 55.1 cm³/mol. The van der Waals surface area contributed by atoms with Gasteiger partial charge in [0.25, 0.3) is 0 Å². The van der Waals surface area contributed by atoms with Crippen molar-refractivity contribution in [3.63, 3.8) is 0 Å². The first-order valence-corrected chi connectivity index (χ1v) is 5.17. The monoisotopic (exact) mass is 200 g/mol. The molecule has 0 saturated heterocycles. The largest absolute Gasteiger partial charge is 0.480 e. The molecule has 0 fully saturated rings. The highest BCUT2D eigenvalue weighted by atomic mass is 16.4. The maximum absolute atomic E-state index is 11.8. The van der Waals surface area contributed by atoms with Gasteiger partial charge in [-0.1, -0.05) is 27.7 Å². The number of hydrogen-bond acceptors (Lipinski definition) is 2. The van der Waals surface area contributed by atoms with Gasteiger partial charge in [0.2, 0.25) is 0 Å². The van der Waals surface area contributed by atoms with Gasteiger partial charge in [-0.3, -0.25) is 9.59 Å². The first-order valence-electron chi connectivity index (χ1n) is 5.17. The van der Waals surface area contributed by atoms with Crippen molar-refractivity contribution in [1.29, 1.82) is 0 Å². The van der Waals surface area contributed by atoms with Crippen LogP contribution in [0.5, 0.6) is 0 Å². The van der Waals surface area contributed by atoms with Gasteiger partial charge in [-0.2, -0.15) is 0 Å². The molecule has 0 aliphatic carbocycles. The molecule has 0 aromatic rings. The third-order valence-corrected chi connectivity index (χ3v) is 2.74. The summed E-state index contributed by atoms with van der Waals surface area (Å²) < 4.78 is 0. The van der Waals surface area contributed by atoms with Crippen molar-refractivity contribution < 1.29 is 14.7 Å². The quantitative estimate of drug-likeness (QED) is 0.670. The second-order valence-electron chi connectivity index (χ2n) is 4.12. The van der Waals surface area contributed by atoms with Gasteiger partial charge in [-0.05, 0) is 18.8 Å². The van der Waals surface area contributed by atoms with Gasteiger partial charge in [0.05, 0.1) is 0 Å². The zero-order chi connectivity index (χ0) is 11.4. The van der Waals surface area contributed by atoms with Gasteiger partial charge in [0.1, 0.15) is 11.2 Å². The summed E-state index contributed by atoms with van der Waals surface area (Å²) in [5, 5.41) is 9.09. The Hall–Kier alpha value is -0.860. The summed E-state index contributed by atoms with van der Waals surface area (Å²) >= 11 is 0. The molecule has 0 bridgehead atoms. The van der Waals surface area contributed by atoms with E-state index in [4.69, 9.17) is 5.11 Å². The summed E-state index contributed by atoms with van der Waals surface area (Å²) in [5.41, 5.74) is -1.15. The Balaban J connectivity index is 4.81. The van der Waals surface area contributed by atoms with Crippen molar-refractivity contribution in [3.05, 3.63) is 0 Å². The summed E-state index contributed by atoms with van der Waals surface area (Å²) in [6.45, 7) is 7.37. The van der Waals surface area contributed by atoms with E-state index in [9.17, 15) is 9.59 Å². The second-order valence-corrected chi connectivity index (χ2v) is 4.12. The fraction of sp³-hybridized carbons (Fsp3) is 0.818. The first kappa shape index (κ1) is 13.1. The number of rotatable bonds is 6. The molecule has 0 rings (SSSR count). The van der Waals surface area contributed by atoms with Crippen LogP contribution in [0, 0.1) is 11.3 Å². The zero-order valence-corrected chi connectivity index (χ0v) is 9.46. The van der Waals surface area contributed by atoms with E-state index in [0.717, 1.165) is 0 Å². The van der Waals surface area contributed by atoms with Crippen molar-refractivity contribution in [3.8, 4) is 0 Å². The third-order valence-electron chi connectivity index (χ3n) is 2.74. The fourth-order valence-electron chi connectivity index (χ4n) is 1.63. The number of carbonyl (C=O) groups excluding carboxylic acids is 1. The molecule has 82 valence electrons. The molecule has 0 aliphatic rings. The fourth-order valence-corrected chi connectivity index (χ4v) is 1.63. The van der Waals surface area contributed by atoms with Crippen LogP contribution in [0.3, 0.4) is 0 Å². The first-order chi connectivity index (χ1) is 6.40. The smallest absolute Gasteiger partial charge is 0.317 e. The lowest BCUT2D eigenvalue weighted by Crippen LogP contribution is -2.38. The summed E-state index contributed by atoms with van der Waals surface area (Å²) in [4.78, 5) is 22.9. The van der Waals surface area contributed by atoms with Gasteiger partial charge < -0.3 is 5.11 Å². The molecule has 0 aromatic carbocycles. The van der Waals surface area contributed by atoms with Crippen LogP contribution in [0.4, 0.5) is 0 Å². The van der Waals surface area contributed by atoms with E-state index in [1.807, 2.05) is 13.8 Å². The van der Waals surface area contributed by atoms with Crippen molar-refractivity contribution >= 4 is 11.8 Å². The van der Waals surface area contributed by atoms with Crippen molar-refractivity contribution in [2.45, 2.75) is 47.0 Å². The van der Waals surface area contributed by atoms with Crippen LogP contribution in [-0.4, -0.2) is 16.9 Å². The molecule has 0 atom stereocenters. The standard InChI is InChI=1S/C11H20O3/c1-5-11(6-2,10(13)14)9(12)7-8(3)4/h8H,5-7H2,1-4H3,(H,13,14). The summed E-state index contributed by atoms with van der Waals surface area (Å²) in [6.07, 6.45) is 1.11. The topological polar surface area (TPSA) is 54.4 Å². The molecule has 0 heterocycles. The number of ketones is 1. The molecular weight excluding hydrogens is 180 g/mol. The number of carbonyl (C=O) groups is 2. The van der Waals surface area contributed by atoms with Crippen molar-refractivity contribution in [2.24, 2.45) is 11.3 Å². The van der Waals surface area contributed by atoms with Crippen LogP contribution in [0.25, 0.3) is 0 Å². The Morgan fingerprint density at radius 3 is 1.86 bits per heavy atom. The molecular formula is C11H20O3. The predicted octanol–water partition coefficient (Wildman–Crippen LogP) is 2.49. The molecule has 1 N–H and O–H groups in total. The molecule has 0 spiro atoms. The van der Waals surface area contributed by atoms with Gasteiger partial charge in [0, 0.05) is 6.42 Å². The summed E-state index contributed by atoms with van der Waals surface area (Å²) in [7, 11) is 0. The molecule has 0 saturated carbocycles. The van der Waals surface area contributed by atoms with E-state index in [1.165, 1.54) is 0 Å². The average molecular weight is 200 g/mol. The van der Waals surface area contributed by atoms with Gasteiger partial charge in [0.15, 0.2) is 0 Å². The van der Waals surface area contributed by atoms with E-state index in [1.54, 1.807) is 13.8 Å². The van der Waals surface area contributed by atoms with Crippen LogP contribution in [0.2, 0.25) is 0 Å². The Kier molecular flexibility index (Phi) is 4.81. The minimum Gasteiger partial charge on any atom is -0.480 e. The number of carboxylic acids is 1. The summed E-state index contributed by atoms with van der Waals surface area (Å²) in [6, 6.07) is 0. The second kappa shape index (κ2) is 5.13. The van der Waals surface area contributed by atoms with E-state index < -0.39 is 11.4 Å². The highest BCUT2D eigenvalue weighted by molar-refractivity contribution is 6.03. The van der Waals surface area contributed by atoms with Crippen LogP contribution >= 0.6 is 0 Å². The normalized spacial score (nSPS) is 11.8. The number of aliphatic carboxylic acids is 1. The SMILES string of the molecule is CCC(CC)(C(=O)O)C(=O)CC(C)C. The lowest BCUT2D eigenvalue weighted by molar-refractivity contribution is -0.155. The number of hydrogen-bond donors (Lipinski definition) is 1. The maximum atomic E-state index is 11.8. The van der Waals surface area contributed by atoms with E-state index >= 15 is 0 Å².